The lowest BCUT2D eigenvalue weighted by molar-refractivity contribution is -0.142. The van der Waals surface area contributed by atoms with Gasteiger partial charge in [0.1, 0.15) is 0 Å². The molecule has 18 heavy (non-hydrogen) atoms. The van der Waals surface area contributed by atoms with E-state index in [2.05, 4.69) is 9.72 Å². The Bertz CT molecular complexity index is 441. The van der Waals surface area contributed by atoms with Gasteiger partial charge in [-0.15, -0.1) is 0 Å². The van der Waals surface area contributed by atoms with Crippen LogP contribution in [0.2, 0.25) is 0 Å². The first-order valence-corrected chi connectivity index (χ1v) is 5.28. The zero-order valence-corrected chi connectivity index (χ0v) is 9.70. The second-order valence-electron chi connectivity index (χ2n) is 3.37. The normalized spacial score (nSPS) is 11.8. The van der Waals surface area contributed by atoms with Gasteiger partial charge < -0.3 is 4.74 Å². The molecule has 0 aromatic carbocycles. The van der Waals surface area contributed by atoms with Gasteiger partial charge in [0, 0.05) is 18.0 Å². The summed E-state index contributed by atoms with van der Waals surface area (Å²) in [5, 5.41) is 0. The molecule has 0 saturated carbocycles. The van der Waals surface area contributed by atoms with Gasteiger partial charge in [-0.1, -0.05) is 12.2 Å². The average Bonchev–Trinajstić information content (AvgIpc) is 2.28. The SMILES string of the molecule is CCOC(=O)CC=Cc1cnccc1C(F)(F)F. The number of nitrogens with zero attached hydrogens (tertiary/aromatic N) is 1. The Balaban J connectivity index is 2.79. The zero-order chi connectivity index (χ0) is 13.6. The number of carbonyl (C=O) groups excluding carboxylic acids is 1. The highest BCUT2D eigenvalue weighted by Crippen LogP contribution is 2.31. The van der Waals surface area contributed by atoms with E-state index in [4.69, 9.17) is 0 Å². The van der Waals surface area contributed by atoms with Gasteiger partial charge in [-0.3, -0.25) is 9.78 Å². The van der Waals surface area contributed by atoms with E-state index in [1.807, 2.05) is 0 Å². The van der Waals surface area contributed by atoms with Gasteiger partial charge in [-0.2, -0.15) is 13.2 Å². The molecular weight excluding hydrogens is 247 g/mol. The fourth-order valence-electron chi connectivity index (χ4n) is 1.30. The summed E-state index contributed by atoms with van der Waals surface area (Å²) in [6.07, 6.45) is 0.208. The minimum absolute atomic E-state index is 0.0694. The molecule has 0 amide bonds. The number of ether oxygens (including phenoxy) is 1. The minimum Gasteiger partial charge on any atom is -0.466 e. The quantitative estimate of drug-likeness (QED) is 0.780. The summed E-state index contributed by atoms with van der Waals surface area (Å²) in [5.74, 6) is -0.480. The number of esters is 1. The van der Waals surface area contributed by atoms with Gasteiger partial charge in [-0.05, 0) is 13.0 Å². The molecule has 1 heterocycles. The maximum Gasteiger partial charge on any atom is 0.417 e. The number of pyridine rings is 1. The molecule has 98 valence electrons. The smallest absolute Gasteiger partial charge is 0.417 e. The zero-order valence-electron chi connectivity index (χ0n) is 9.70. The van der Waals surface area contributed by atoms with Crippen molar-refractivity contribution in [1.29, 1.82) is 0 Å². The molecule has 1 aromatic heterocycles. The third-order valence-electron chi connectivity index (χ3n) is 2.04. The maximum absolute atomic E-state index is 12.6. The molecule has 0 aliphatic heterocycles. The first kappa shape index (κ1) is 14.2. The van der Waals surface area contributed by atoms with Crippen molar-refractivity contribution >= 4 is 12.0 Å². The third kappa shape index (κ3) is 4.20. The van der Waals surface area contributed by atoms with Crippen LogP contribution < -0.4 is 0 Å². The van der Waals surface area contributed by atoms with Crippen LogP contribution in [0.5, 0.6) is 0 Å². The Kier molecular flexibility index (Phi) is 4.88. The average molecular weight is 259 g/mol. The van der Waals surface area contributed by atoms with Gasteiger partial charge in [0.05, 0.1) is 18.6 Å². The van der Waals surface area contributed by atoms with E-state index in [0.29, 0.717) is 0 Å². The minimum atomic E-state index is -4.44. The molecule has 1 rings (SSSR count). The Labute approximate surface area is 102 Å². The van der Waals surface area contributed by atoms with E-state index in [9.17, 15) is 18.0 Å². The van der Waals surface area contributed by atoms with Crippen LogP contribution >= 0.6 is 0 Å². The Morgan fingerprint density at radius 1 is 1.50 bits per heavy atom. The first-order valence-electron chi connectivity index (χ1n) is 5.28. The van der Waals surface area contributed by atoms with Crippen LogP contribution in [0, 0.1) is 0 Å². The van der Waals surface area contributed by atoms with Crippen LogP contribution in [0.4, 0.5) is 13.2 Å². The van der Waals surface area contributed by atoms with Crippen molar-refractivity contribution in [3.8, 4) is 0 Å². The fourth-order valence-corrected chi connectivity index (χ4v) is 1.30. The van der Waals surface area contributed by atoms with Crippen molar-refractivity contribution in [3.63, 3.8) is 0 Å². The standard InChI is InChI=1S/C12H12F3NO2/c1-2-18-11(17)5-3-4-9-8-16-7-6-10(9)12(13,14)15/h3-4,6-8H,2,5H2,1H3. The molecule has 0 unspecified atom stereocenters. The molecule has 0 bridgehead atoms. The number of aromatic nitrogens is 1. The maximum atomic E-state index is 12.6. The summed E-state index contributed by atoms with van der Waals surface area (Å²) in [7, 11) is 0. The number of hydrogen-bond acceptors (Lipinski definition) is 3. The van der Waals surface area contributed by atoms with Crippen molar-refractivity contribution in [3.05, 3.63) is 35.7 Å². The van der Waals surface area contributed by atoms with E-state index in [-0.39, 0.29) is 18.6 Å². The summed E-state index contributed by atoms with van der Waals surface area (Å²) < 4.78 is 42.5. The molecule has 0 spiro atoms. The molecule has 0 aliphatic carbocycles. The highest BCUT2D eigenvalue weighted by molar-refractivity contribution is 5.72. The van der Waals surface area contributed by atoms with Crippen LogP contribution in [-0.2, 0) is 15.7 Å². The van der Waals surface area contributed by atoms with Crippen LogP contribution in [0.1, 0.15) is 24.5 Å². The second-order valence-corrected chi connectivity index (χ2v) is 3.37. The summed E-state index contributed by atoms with van der Waals surface area (Å²) in [4.78, 5) is 14.6. The summed E-state index contributed by atoms with van der Waals surface area (Å²) in [6.45, 7) is 1.90. The van der Waals surface area contributed by atoms with E-state index < -0.39 is 17.7 Å². The molecule has 0 saturated heterocycles. The lowest BCUT2D eigenvalue weighted by Gasteiger charge is -2.08. The first-order chi connectivity index (χ1) is 8.45. The van der Waals surface area contributed by atoms with Crippen LogP contribution in [-0.4, -0.2) is 17.6 Å². The molecule has 0 atom stereocenters. The third-order valence-corrected chi connectivity index (χ3v) is 2.04. The van der Waals surface area contributed by atoms with Gasteiger partial charge >= 0.3 is 12.1 Å². The number of halogens is 3. The van der Waals surface area contributed by atoms with E-state index >= 15 is 0 Å². The van der Waals surface area contributed by atoms with Crippen molar-refractivity contribution in [2.75, 3.05) is 6.61 Å². The van der Waals surface area contributed by atoms with Gasteiger partial charge in [0.25, 0.3) is 0 Å². The monoisotopic (exact) mass is 259 g/mol. The second kappa shape index (κ2) is 6.18. The van der Waals surface area contributed by atoms with Crippen LogP contribution in [0.25, 0.3) is 6.08 Å². The van der Waals surface area contributed by atoms with Gasteiger partial charge in [0.2, 0.25) is 0 Å². The lowest BCUT2D eigenvalue weighted by atomic mass is 10.1. The number of rotatable bonds is 4. The Morgan fingerprint density at radius 2 is 2.22 bits per heavy atom. The van der Waals surface area contributed by atoms with E-state index in [0.717, 1.165) is 18.5 Å². The largest absolute Gasteiger partial charge is 0.466 e. The fraction of sp³-hybridized carbons (Fsp3) is 0.333. The molecule has 1 aromatic rings. The lowest BCUT2D eigenvalue weighted by Crippen LogP contribution is -2.07. The van der Waals surface area contributed by atoms with E-state index in [1.165, 1.54) is 12.2 Å². The van der Waals surface area contributed by atoms with Crippen molar-refractivity contribution in [2.45, 2.75) is 19.5 Å². The number of carbonyl (C=O) groups is 1. The van der Waals surface area contributed by atoms with Crippen LogP contribution in [0.3, 0.4) is 0 Å². The van der Waals surface area contributed by atoms with E-state index in [1.54, 1.807) is 6.92 Å². The predicted octanol–water partition coefficient (Wildman–Crippen LogP) is 3.07. The molecular formula is C12H12F3NO2. The topological polar surface area (TPSA) is 39.2 Å². The Hall–Kier alpha value is -1.85. The van der Waals surface area contributed by atoms with Crippen molar-refractivity contribution in [2.24, 2.45) is 0 Å². The number of alkyl halides is 3. The molecule has 0 radical (unpaired) electrons. The van der Waals surface area contributed by atoms with Gasteiger partial charge in [0.15, 0.2) is 0 Å². The summed E-state index contributed by atoms with van der Waals surface area (Å²) >= 11 is 0. The summed E-state index contributed by atoms with van der Waals surface area (Å²) in [6, 6.07) is 0.893. The number of hydrogen-bond donors (Lipinski definition) is 0. The molecule has 3 nitrogen and oxygen atoms in total. The molecule has 6 heteroatoms. The molecule has 0 fully saturated rings. The van der Waals surface area contributed by atoms with Crippen LogP contribution in [0.15, 0.2) is 24.5 Å². The molecule has 0 aliphatic rings. The predicted molar refractivity (Wildman–Crippen MR) is 59.5 cm³/mol. The van der Waals surface area contributed by atoms with Crippen molar-refractivity contribution < 1.29 is 22.7 Å². The Morgan fingerprint density at radius 3 is 2.83 bits per heavy atom. The highest BCUT2D eigenvalue weighted by Gasteiger charge is 2.32. The molecule has 0 N–H and O–H groups in total. The van der Waals surface area contributed by atoms with Gasteiger partial charge in [-0.25, -0.2) is 0 Å². The van der Waals surface area contributed by atoms with Crippen molar-refractivity contribution in [1.82, 2.24) is 4.98 Å². The summed E-state index contributed by atoms with van der Waals surface area (Å²) in [5.41, 5.74) is -0.855. The highest BCUT2D eigenvalue weighted by atomic mass is 19.4.